The summed E-state index contributed by atoms with van der Waals surface area (Å²) >= 11 is 5.62. The molecular weight excluding hydrogens is 224 g/mol. The van der Waals surface area contributed by atoms with Crippen LogP contribution in [0.3, 0.4) is 0 Å². The van der Waals surface area contributed by atoms with Crippen LogP contribution in [0, 0.1) is 0 Å². The van der Waals surface area contributed by atoms with Crippen molar-refractivity contribution >= 4 is 17.4 Å². The van der Waals surface area contributed by atoms with Crippen LogP contribution in [0.1, 0.15) is 26.6 Å². The van der Waals surface area contributed by atoms with Gasteiger partial charge in [-0.3, -0.25) is 0 Å². The molecule has 0 aromatic carbocycles. The van der Waals surface area contributed by atoms with Gasteiger partial charge in [0, 0.05) is 19.0 Å². The summed E-state index contributed by atoms with van der Waals surface area (Å²) in [5, 5.41) is 2.89. The summed E-state index contributed by atoms with van der Waals surface area (Å²) in [6.07, 6.45) is 0. The van der Waals surface area contributed by atoms with E-state index in [1.54, 1.807) is 0 Å². The Morgan fingerprint density at radius 2 is 2.00 bits per heavy atom. The molecular formula is C9H12ClF2N3. The highest BCUT2D eigenvalue weighted by atomic mass is 35.5. The highest BCUT2D eigenvalue weighted by Crippen LogP contribution is 2.26. The molecule has 0 saturated heterocycles. The second-order valence-electron chi connectivity index (χ2n) is 3.59. The fourth-order valence-corrected chi connectivity index (χ4v) is 1.17. The summed E-state index contributed by atoms with van der Waals surface area (Å²) in [6, 6.07) is 1.51. The molecule has 1 rings (SSSR count). The van der Waals surface area contributed by atoms with E-state index in [9.17, 15) is 8.78 Å². The molecule has 6 heteroatoms. The first-order valence-corrected chi connectivity index (χ1v) is 4.86. The molecule has 0 fully saturated rings. The van der Waals surface area contributed by atoms with E-state index in [0.717, 1.165) is 6.92 Å². The largest absolute Gasteiger partial charge is 0.368 e. The molecule has 0 saturated carbocycles. The van der Waals surface area contributed by atoms with Crippen molar-refractivity contribution in [2.45, 2.75) is 32.7 Å². The summed E-state index contributed by atoms with van der Waals surface area (Å²) < 4.78 is 25.9. The standard InChI is InChI=1S/C9H12ClF2N3/c1-5(2)13-7-4-6(10)14-8(15-7)9(3,11)12/h4-5H,1-3H3,(H,13,14,15). The molecule has 0 amide bonds. The van der Waals surface area contributed by atoms with Gasteiger partial charge in [-0.05, 0) is 13.8 Å². The van der Waals surface area contributed by atoms with Crippen LogP contribution in [-0.4, -0.2) is 16.0 Å². The molecule has 84 valence electrons. The van der Waals surface area contributed by atoms with Gasteiger partial charge in [-0.1, -0.05) is 11.6 Å². The van der Waals surface area contributed by atoms with Gasteiger partial charge in [-0.2, -0.15) is 8.78 Å². The van der Waals surface area contributed by atoms with Gasteiger partial charge in [0.05, 0.1) is 0 Å². The molecule has 0 bridgehead atoms. The lowest BCUT2D eigenvalue weighted by Gasteiger charge is -2.13. The normalized spacial score (nSPS) is 11.9. The maximum absolute atomic E-state index is 12.9. The Kier molecular flexibility index (Phi) is 3.44. The number of halogens is 3. The molecule has 0 aliphatic carbocycles. The molecule has 1 aromatic heterocycles. The Labute approximate surface area is 91.9 Å². The minimum absolute atomic E-state index is 0.00433. The van der Waals surface area contributed by atoms with Crippen molar-refractivity contribution in [3.05, 3.63) is 17.0 Å². The van der Waals surface area contributed by atoms with Crippen LogP contribution in [0.25, 0.3) is 0 Å². The van der Waals surface area contributed by atoms with Crippen LogP contribution in [0.4, 0.5) is 14.6 Å². The third-order valence-electron chi connectivity index (χ3n) is 1.52. The van der Waals surface area contributed by atoms with Gasteiger partial charge < -0.3 is 5.32 Å². The molecule has 1 heterocycles. The number of rotatable bonds is 3. The molecule has 0 atom stereocenters. The third-order valence-corrected chi connectivity index (χ3v) is 1.72. The Bertz CT molecular complexity index is 350. The minimum atomic E-state index is -3.09. The van der Waals surface area contributed by atoms with Crippen LogP contribution in [0.15, 0.2) is 6.07 Å². The molecule has 0 radical (unpaired) electrons. The van der Waals surface area contributed by atoms with Crippen LogP contribution in [0.2, 0.25) is 5.15 Å². The van der Waals surface area contributed by atoms with Crippen molar-refractivity contribution in [3.63, 3.8) is 0 Å². The molecule has 0 spiro atoms. The van der Waals surface area contributed by atoms with E-state index in [-0.39, 0.29) is 11.2 Å². The van der Waals surface area contributed by atoms with E-state index >= 15 is 0 Å². The van der Waals surface area contributed by atoms with Crippen LogP contribution >= 0.6 is 11.6 Å². The van der Waals surface area contributed by atoms with Gasteiger partial charge in [-0.15, -0.1) is 0 Å². The molecule has 0 aliphatic rings. The highest BCUT2D eigenvalue weighted by Gasteiger charge is 2.29. The molecule has 0 aliphatic heterocycles. The van der Waals surface area contributed by atoms with E-state index in [1.165, 1.54) is 6.07 Å². The van der Waals surface area contributed by atoms with Crippen molar-refractivity contribution in [2.75, 3.05) is 5.32 Å². The van der Waals surface area contributed by atoms with Crippen molar-refractivity contribution in [3.8, 4) is 0 Å². The van der Waals surface area contributed by atoms with Gasteiger partial charge >= 0.3 is 5.92 Å². The molecule has 15 heavy (non-hydrogen) atoms. The number of nitrogens with zero attached hydrogens (tertiary/aromatic N) is 2. The topological polar surface area (TPSA) is 37.8 Å². The maximum Gasteiger partial charge on any atom is 0.303 e. The van der Waals surface area contributed by atoms with E-state index in [0.29, 0.717) is 5.82 Å². The second-order valence-corrected chi connectivity index (χ2v) is 3.97. The number of hydrogen-bond acceptors (Lipinski definition) is 3. The summed E-state index contributed by atoms with van der Waals surface area (Å²) in [6.45, 7) is 4.48. The van der Waals surface area contributed by atoms with Crippen molar-refractivity contribution in [1.82, 2.24) is 9.97 Å². The van der Waals surface area contributed by atoms with E-state index in [4.69, 9.17) is 11.6 Å². The van der Waals surface area contributed by atoms with E-state index < -0.39 is 11.7 Å². The van der Waals surface area contributed by atoms with Crippen molar-refractivity contribution in [1.29, 1.82) is 0 Å². The summed E-state index contributed by atoms with van der Waals surface area (Å²) in [7, 11) is 0. The van der Waals surface area contributed by atoms with Crippen LogP contribution < -0.4 is 5.32 Å². The highest BCUT2D eigenvalue weighted by molar-refractivity contribution is 6.29. The Hall–Kier alpha value is -0.970. The first-order chi connectivity index (χ1) is 6.79. The van der Waals surface area contributed by atoms with Crippen LogP contribution in [0.5, 0.6) is 0 Å². The first-order valence-electron chi connectivity index (χ1n) is 4.48. The minimum Gasteiger partial charge on any atom is -0.368 e. The second kappa shape index (κ2) is 4.26. The average Bonchev–Trinajstić information content (AvgIpc) is 1.99. The fraction of sp³-hybridized carbons (Fsp3) is 0.556. The lowest BCUT2D eigenvalue weighted by molar-refractivity contribution is 0.00783. The lowest BCUT2D eigenvalue weighted by atomic mass is 10.3. The Balaban J connectivity index is 3.06. The predicted molar refractivity (Wildman–Crippen MR) is 55.4 cm³/mol. The average molecular weight is 236 g/mol. The van der Waals surface area contributed by atoms with Crippen LogP contribution in [-0.2, 0) is 5.92 Å². The summed E-state index contributed by atoms with van der Waals surface area (Å²) in [5.41, 5.74) is 0. The number of nitrogens with one attached hydrogen (secondary N) is 1. The van der Waals surface area contributed by atoms with Gasteiger partial charge in [-0.25, -0.2) is 9.97 Å². The maximum atomic E-state index is 12.9. The molecule has 3 nitrogen and oxygen atoms in total. The fourth-order valence-electron chi connectivity index (χ4n) is 0.984. The molecule has 0 unspecified atom stereocenters. The number of aromatic nitrogens is 2. The van der Waals surface area contributed by atoms with Gasteiger partial charge in [0.15, 0.2) is 0 Å². The van der Waals surface area contributed by atoms with Crippen molar-refractivity contribution < 1.29 is 8.78 Å². The van der Waals surface area contributed by atoms with Gasteiger partial charge in [0.1, 0.15) is 11.0 Å². The molecule has 1 N–H and O–H groups in total. The zero-order chi connectivity index (χ0) is 11.6. The quantitative estimate of drug-likeness (QED) is 0.819. The third kappa shape index (κ3) is 3.58. The van der Waals surface area contributed by atoms with E-state index in [2.05, 4.69) is 15.3 Å². The summed E-state index contributed by atoms with van der Waals surface area (Å²) in [5.74, 6) is -3.35. The monoisotopic (exact) mass is 235 g/mol. The van der Waals surface area contributed by atoms with Gasteiger partial charge in [0.2, 0.25) is 5.82 Å². The van der Waals surface area contributed by atoms with E-state index in [1.807, 2.05) is 13.8 Å². The predicted octanol–water partition coefficient (Wildman–Crippen LogP) is 3.06. The first kappa shape index (κ1) is 12.1. The Morgan fingerprint density at radius 1 is 1.40 bits per heavy atom. The number of hydrogen-bond donors (Lipinski definition) is 1. The zero-order valence-corrected chi connectivity index (χ0v) is 9.44. The van der Waals surface area contributed by atoms with Gasteiger partial charge in [0.25, 0.3) is 0 Å². The Morgan fingerprint density at radius 3 is 2.47 bits per heavy atom. The smallest absolute Gasteiger partial charge is 0.303 e. The van der Waals surface area contributed by atoms with Crippen molar-refractivity contribution in [2.24, 2.45) is 0 Å². The SMILES string of the molecule is CC(C)Nc1cc(Cl)nc(C(C)(F)F)n1. The summed E-state index contributed by atoms with van der Waals surface area (Å²) in [4.78, 5) is 7.17. The number of alkyl halides is 2. The molecule has 1 aromatic rings. The number of anilines is 1. The zero-order valence-electron chi connectivity index (χ0n) is 8.68. The lowest BCUT2D eigenvalue weighted by Crippen LogP contribution is -2.17.